The lowest BCUT2D eigenvalue weighted by Crippen LogP contribution is -2.13. The highest BCUT2D eigenvalue weighted by Gasteiger charge is 2.15. The van der Waals surface area contributed by atoms with Crippen LogP contribution in [0.4, 0.5) is 11.4 Å². The van der Waals surface area contributed by atoms with E-state index in [1.165, 1.54) is 30.3 Å². The summed E-state index contributed by atoms with van der Waals surface area (Å²) in [6.07, 6.45) is 3.02. The number of nitrogens with one attached hydrogen (secondary N) is 2. The number of halogens is 1. The highest BCUT2D eigenvalue weighted by Crippen LogP contribution is 2.24. The average Bonchev–Trinajstić information content (AvgIpc) is 2.74. The van der Waals surface area contributed by atoms with Crippen LogP contribution in [0.3, 0.4) is 0 Å². The first-order valence-corrected chi connectivity index (χ1v) is 10.7. The number of para-hydroxylation sites is 2. The van der Waals surface area contributed by atoms with E-state index in [0.717, 1.165) is 5.56 Å². The van der Waals surface area contributed by atoms with E-state index in [1.54, 1.807) is 43.5 Å². The number of anilines is 2. The first-order valence-electron chi connectivity index (χ1n) is 8.88. The van der Waals surface area contributed by atoms with Gasteiger partial charge >= 0.3 is 0 Å². The maximum absolute atomic E-state index is 12.5. The molecule has 0 radical (unpaired) electrons. The summed E-state index contributed by atoms with van der Waals surface area (Å²) in [6.45, 7) is 0. The van der Waals surface area contributed by atoms with Crippen LogP contribution in [0.25, 0.3) is 6.08 Å². The van der Waals surface area contributed by atoms with Crippen molar-refractivity contribution in [1.29, 1.82) is 0 Å². The summed E-state index contributed by atoms with van der Waals surface area (Å²) in [7, 11) is -2.25. The van der Waals surface area contributed by atoms with Crippen molar-refractivity contribution in [3.63, 3.8) is 0 Å². The van der Waals surface area contributed by atoms with Gasteiger partial charge in [-0.3, -0.25) is 9.52 Å². The maximum Gasteiger partial charge on any atom is 0.261 e. The number of ether oxygens (including phenoxy) is 1. The molecule has 2 N–H and O–H groups in total. The van der Waals surface area contributed by atoms with Gasteiger partial charge in [-0.15, -0.1) is 0 Å². The first kappa shape index (κ1) is 21.4. The summed E-state index contributed by atoms with van der Waals surface area (Å²) in [5, 5.41) is 2.98. The van der Waals surface area contributed by atoms with Gasteiger partial charge in [-0.2, -0.15) is 0 Å². The third kappa shape index (κ3) is 5.40. The van der Waals surface area contributed by atoms with Crippen molar-refractivity contribution < 1.29 is 17.9 Å². The summed E-state index contributed by atoms with van der Waals surface area (Å²) in [4.78, 5) is 12.2. The van der Waals surface area contributed by atoms with Crippen LogP contribution in [0.2, 0.25) is 5.02 Å². The highest BCUT2D eigenvalue weighted by atomic mass is 35.5. The Bertz CT molecular complexity index is 1180. The summed E-state index contributed by atoms with van der Waals surface area (Å²) in [5.41, 5.74) is 1.52. The Morgan fingerprint density at radius 3 is 2.33 bits per heavy atom. The Labute approximate surface area is 180 Å². The number of benzene rings is 3. The summed E-state index contributed by atoms with van der Waals surface area (Å²) in [5.74, 6) is 0.299. The van der Waals surface area contributed by atoms with Gasteiger partial charge in [-0.05, 0) is 48.5 Å². The molecule has 0 aromatic heterocycles. The van der Waals surface area contributed by atoms with E-state index < -0.39 is 10.0 Å². The molecule has 0 spiro atoms. The molecule has 8 heteroatoms. The molecular weight excluding hydrogens is 424 g/mol. The Morgan fingerprint density at radius 1 is 0.967 bits per heavy atom. The summed E-state index contributed by atoms with van der Waals surface area (Å²) >= 11 is 6.00. The number of sulfonamides is 1. The monoisotopic (exact) mass is 442 g/mol. The van der Waals surface area contributed by atoms with E-state index in [1.807, 2.05) is 18.2 Å². The summed E-state index contributed by atoms with van der Waals surface area (Å²) < 4.78 is 32.7. The van der Waals surface area contributed by atoms with Crippen LogP contribution >= 0.6 is 11.6 Å². The zero-order valence-electron chi connectivity index (χ0n) is 16.0. The topological polar surface area (TPSA) is 84.5 Å². The Morgan fingerprint density at radius 2 is 1.63 bits per heavy atom. The van der Waals surface area contributed by atoms with Crippen LogP contribution in [-0.4, -0.2) is 21.4 Å². The molecule has 0 aliphatic heterocycles. The highest BCUT2D eigenvalue weighted by molar-refractivity contribution is 7.92. The van der Waals surface area contributed by atoms with Crippen molar-refractivity contribution in [2.45, 2.75) is 4.90 Å². The Kier molecular flexibility index (Phi) is 6.76. The largest absolute Gasteiger partial charge is 0.496 e. The van der Waals surface area contributed by atoms with Gasteiger partial charge in [0.25, 0.3) is 10.0 Å². The van der Waals surface area contributed by atoms with Crippen LogP contribution < -0.4 is 14.8 Å². The molecule has 0 unspecified atom stereocenters. The van der Waals surface area contributed by atoms with E-state index in [9.17, 15) is 13.2 Å². The fourth-order valence-electron chi connectivity index (χ4n) is 2.62. The van der Waals surface area contributed by atoms with Gasteiger partial charge in [-0.25, -0.2) is 8.42 Å². The van der Waals surface area contributed by atoms with Crippen LogP contribution in [0.5, 0.6) is 5.75 Å². The van der Waals surface area contributed by atoms with Crippen molar-refractivity contribution in [1.82, 2.24) is 0 Å². The van der Waals surface area contributed by atoms with Gasteiger partial charge in [0.1, 0.15) is 5.75 Å². The number of hydrogen-bond acceptors (Lipinski definition) is 4. The number of methoxy groups -OCH3 is 1. The van der Waals surface area contributed by atoms with Gasteiger partial charge in [-0.1, -0.05) is 41.9 Å². The van der Waals surface area contributed by atoms with Gasteiger partial charge < -0.3 is 10.1 Å². The molecule has 154 valence electrons. The molecule has 0 bridgehead atoms. The van der Waals surface area contributed by atoms with Crippen LogP contribution in [0.15, 0.2) is 83.8 Å². The zero-order chi connectivity index (χ0) is 21.6. The molecule has 1 amide bonds. The molecular formula is C22H19ClN2O4S. The van der Waals surface area contributed by atoms with Crippen molar-refractivity contribution >= 4 is 45.0 Å². The molecule has 0 atom stereocenters. The maximum atomic E-state index is 12.5. The second-order valence-electron chi connectivity index (χ2n) is 6.17. The molecule has 0 saturated carbocycles. The minimum Gasteiger partial charge on any atom is -0.496 e. The van der Waals surface area contributed by atoms with E-state index in [2.05, 4.69) is 10.0 Å². The molecule has 0 aliphatic rings. The van der Waals surface area contributed by atoms with Gasteiger partial charge in [0.05, 0.1) is 22.7 Å². The summed E-state index contributed by atoms with van der Waals surface area (Å²) in [6, 6.07) is 19.7. The predicted octanol–water partition coefficient (Wildman–Crippen LogP) is 4.80. The third-order valence-electron chi connectivity index (χ3n) is 4.10. The molecule has 3 aromatic carbocycles. The van der Waals surface area contributed by atoms with Crippen LogP contribution in [0.1, 0.15) is 5.56 Å². The van der Waals surface area contributed by atoms with Crippen LogP contribution in [0, 0.1) is 0 Å². The van der Waals surface area contributed by atoms with Gasteiger partial charge in [0, 0.05) is 17.3 Å². The van der Waals surface area contributed by atoms with Crippen molar-refractivity contribution in [2.75, 3.05) is 17.1 Å². The fourth-order valence-corrected chi connectivity index (χ4v) is 3.94. The molecule has 0 saturated heterocycles. The second kappa shape index (κ2) is 9.47. The SMILES string of the molecule is COc1ccccc1C=CC(=O)Nc1ccc(S(=O)(=O)Nc2ccccc2Cl)cc1. The molecule has 0 heterocycles. The van der Waals surface area contributed by atoms with E-state index in [0.29, 0.717) is 16.5 Å². The lowest BCUT2D eigenvalue weighted by molar-refractivity contribution is -0.111. The quantitative estimate of drug-likeness (QED) is 0.514. The first-order chi connectivity index (χ1) is 14.4. The van der Waals surface area contributed by atoms with Crippen molar-refractivity contribution in [3.8, 4) is 5.75 Å². The number of rotatable bonds is 7. The van der Waals surface area contributed by atoms with Gasteiger partial charge in [0.15, 0.2) is 0 Å². The number of carbonyl (C=O) groups excluding carboxylic acids is 1. The number of amides is 1. The lowest BCUT2D eigenvalue weighted by atomic mass is 10.2. The zero-order valence-corrected chi connectivity index (χ0v) is 17.6. The smallest absolute Gasteiger partial charge is 0.261 e. The minimum atomic E-state index is -3.81. The fraction of sp³-hybridized carbons (Fsp3) is 0.0455. The average molecular weight is 443 g/mol. The standard InChI is InChI=1S/C22H19ClN2O4S/c1-29-21-9-5-2-6-16(21)10-15-22(26)24-17-11-13-18(14-12-17)30(27,28)25-20-8-4-3-7-19(20)23/h2-15,25H,1H3,(H,24,26). The molecule has 3 rings (SSSR count). The second-order valence-corrected chi connectivity index (χ2v) is 8.26. The van der Waals surface area contributed by atoms with Crippen molar-refractivity contribution in [2.24, 2.45) is 0 Å². The van der Waals surface area contributed by atoms with Gasteiger partial charge in [0.2, 0.25) is 5.91 Å². The normalized spacial score (nSPS) is 11.3. The third-order valence-corrected chi connectivity index (χ3v) is 5.81. The Hall–Kier alpha value is -3.29. The van der Waals surface area contributed by atoms with Crippen molar-refractivity contribution in [3.05, 3.63) is 89.5 Å². The van der Waals surface area contributed by atoms with E-state index in [4.69, 9.17) is 16.3 Å². The van der Waals surface area contributed by atoms with E-state index >= 15 is 0 Å². The number of hydrogen-bond donors (Lipinski definition) is 2. The molecule has 0 aliphatic carbocycles. The lowest BCUT2D eigenvalue weighted by Gasteiger charge is -2.10. The van der Waals surface area contributed by atoms with Crippen LogP contribution in [-0.2, 0) is 14.8 Å². The number of carbonyl (C=O) groups is 1. The molecule has 3 aromatic rings. The predicted molar refractivity (Wildman–Crippen MR) is 119 cm³/mol. The van der Waals surface area contributed by atoms with E-state index in [-0.39, 0.29) is 16.5 Å². The Balaban J connectivity index is 1.67. The minimum absolute atomic E-state index is 0.0463. The molecule has 0 fully saturated rings. The molecule has 30 heavy (non-hydrogen) atoms. The molecule has 6 nitrogen and oxygen atoms in total.